The van der Waals surface area contributed by atoms with Crippen molar-refractivity contribution in [3.63, 3.8) is 0 Å². The first kappa shape index (κ1) is 5.75. The van der Waals surface area contributed by atoms with Crippen molar-refractivity contribution in [2.75, 3.05) is 19.0 Å². The van der Waals surface area contributed by atoms with Gasteiger partial charge in [-0.15, -0.1) is 0 Å². The molecule has 1 aliphatic rings. The Morgan fingerprint density at radius 2 is 2.62 bits per heavy atom. The zero-order chi connectivity index (χ0) is 5.98. The van der Waals surface area contributed by atoms with Gasteiger partial charge in [0.1, 0.15) is 6.61 Å². The number of carbonyl (C=O) groups excluding carboxylic acids is 1. The lowest BCUT2D eigenvalue weighted by atomic mass is 10.7. The molecule has 0 aliphatic carbocycles. The molecule has 1 amide bonds. The lowest BCUT2D eigenvalue weighted by Crippen LogP contribution is -2.21. The summed E-state index contributed by atoms with van der Waals surface area (Å²) in [6.07, 6.45) is -0.250. The molecule has 1 saturated heterocycles. The topological polar surface area (TPSA) is 29.5 Å². The highest BCUT2D eigenvalue weighted by Crippen LogP contribution is 2.02. The van der Waals surface area contributed by atoms with Crippen molar-refractivity contribution in [3.8, 4) is 0 Å². The van der Waals surface area contributed by atoms with E-state index in [0.29, 0.717) is 19.0 Å². The van der Waals surface area contributed by atoms with E-state index in [2.05, 4.69) is 17.4 Å². The summed E-state index contributed by atoms with van der Waals surface area (Å²) >= 11 is 3.90. The van der Waals surface area contributed by atoms with Crippen LogP contribution in [-0.2, 0) is 4.74 Å². The molecule has 1 aliphatic heterocycles. The number of thiol groups is 1. The largest absolute Gasteiger partial charge is 0.448 e. The first-order chi connectivity index (χ1) is 3.84. The Balaban J connectivity index is 2.42. The van der Waals surface area contributed by atoms with Gasteiger partial charge in [-0.25, -0.2) is 4.79 Å². The van der Waals surface area contributed by atoms with Crippen LogP contribution in [0.1, 0.15) is 0 Å². The fourth-order valence-corrected chi connectivity index (χ4v) is 0.811. The minimum Gasteiger partial charge on any atom is -0.448 e. The molecule has 0 atom stereocenters. The minimum atomic E-state index is -0.250. The van der Waals surface area contributed by atoms with Crippen molar-refractivity contribution in [2.45, 2.75) is 0 Å². The molecule has 0 radical (unpaired) electrons. The van der Waals surface area contributed by atoms with Crippen LogP contribution in [0.25, 0.3) is 0 Å². The molecule has 8 heavy (non-hydrogen) atoms. The Bertz CT molecular complexity index is 106. The van der Waals surface area contributed by atoms with E-state index in [1.54, 1.807) is 0 Å². The normalized spacial score (nSPS) is 19.1. The van der Waals surface area contributed by atoms with Gasteiger partial charge in [0.15, 0.2) is 0 Å². The molecule has 0 bridgehead atoms. The molecule has 1 fully saturated rings. The van der Waals surface area contributed by atoms with E-state index in [4.69, 9.17) is 0 Å². The van der Waals surface area contributed by atoms with Crippen molar-refractivity contribution >= 4 is 18.7 Å². The maximum atomic E-state index is 10.5. The smallest absolute Gasteiger partial charge is 0.410 e. The number of hydrogen-bond donors (Lipinski definition) is 1. The number of amides is 1. The standard InChI is InChI=1S/C4H7NO2S/c6-4-5(3-8)1-2-7-4/h8H,1-3H2. The van der Waals surface area contributed by atoms with E-state index < -0.39 is 0 Å². The Labute approximate surface area is 53.0 Å². The molecule has 0 N–H and O–H groups in total. The summed E-state index contributed by atoms with van der Waals surface area (Å²) in [5.41, 5.74) is 0. The van der Waals surface area contributed by atoms with Gasteiger partial charge in [0.25, 0.3) is 0 Å². The molecule has 0 aromatic rings. The van der Waals surface area contributed by atoms with E-state index in [-0.39, 0.29) is 6.09 Å². The van der Waals surface area contributed by atoms with Gasteiger partial charge in [0.2, 0.25) is 0 Å². The van der Waals surface area contributed by atoms with Crippen LogP contribution in [0.3, 0.4) is 0 Å². The Morgan fingerprint density at radius 1 is 1.88 bits per heavy atom. The summed E-state index contributed by atoms with van der Waals surface area (Å²) in [5.74, 6) is 0.457. The second-order valence-corrected chi connectivity index (χ2v) is 1.80. The summed E-state index contributed by atoms with van der Waals surface area (Å²) in [6.45, 7) is 1.20. The summed E-state index contributed by atoms with van der Waals surface area (Å²) in [6, 6.07) is 0. The van der Waals surface area contributed by atoms with E-state index in [1.807, 2.05) is 0 Å². The van der Waals surface area contributed by atoms with E-state index >= 15 is 0 Å². The Kier molecular flexibility index (Phi) is 1.62. The summed E-state index contributed by atoms with van der Waals surface area (Å²) in [7, 11) is 0. The number of carbonyl (C=O) groups is 1. The third kappa shape index (κ3) is 0.888. The summed E-state index contributed by atoms with van der Waals surface area (Å²) in [4.78, 5) is 12.0. The number of cyclic esters (lactones) is 1. The van der Waals surface area contributed by atoms with E-state index in [0.717, 1.165) is 0 Å². The molecule has 0 aromatic heterocycles. The van der Waals surface area contributed by atoms with Crippen LogP contribution in [0.2, 0.25) is 0 Å². The maximum absolute atomic E-state index is 10.5. The van der Waals surface area contributed by atoms with Crippen LogP contribution in [0.15, 0.2) is 0 Å². The van der Waals surface area contributed by atoms with Crippen molar-refractivity contribution in [2.24, 2.45) is 0 Å². The molecular weight excluding hydrogens is 126 g/mol. The van der Waals surface area contributed by atoms with Gasteiger partial charge in [-0.2, -0.15) is 12.6 Å². The highest BCUT2D eigenvalue weighted by molar-refractivity contribution is 7.80. The van der Waals surface area contributed by atoms with Crippen molar-refractivity contribution in [3.05, 3.63) is 0 Å². The summed E-state index contributed by atoms with van der Waals surface area (Å²) < 4.78 is 4.59. The monoisotopic (exact) mass is 133 g/mol. The zero-order valence-electron chi connectivity index (χ0n) is 4.33. The van der Waals surface area contributed by atoms with Gasteiger partial charge in [-0.1, -0.05) is 0 Å². The fourth-order valence-electron chi connectivity index (χ4n) is 0.554. The first-order valence-corrected chi connectivity index (χ1v) is 3.00. The van der Waals surface area contributed by atoms with Gasteiger partial charge >= 0.3 is 6.09 Å². The zero-order valence-corrected chi connectivity index (χ0v) is 5.23. The van der Waals surface area contributed by atoms with Crippen molar-refractivity contribution in [1.82, 2.24) is 4.90 Å². The molecule has 3 nitrogen and oxygen atoms in total. The highest BCUT2D eigenvalue weighted by Gasteiger charge is 2.19. The van der Waals surface area contributed by atoms with Crippen LogP contribution in [0, 0.1) is 0 Å². The van der Waals surface area contributed by atoms with Gasteiger partial charge in [0, 0.05) is 0 Å². The number of nitrogens with zero attached hydrogens (tertiary/aromatic N) is 1. The lowest BCUT2D eigenvalue weighted by Gasteiger charge is -2.05. The molecule has 1 heterocycles. The average molecular weight is 133 g/mol. The molecular formula is C4H7NO2S. The molecule has 46 valence electrons. The minimum absolute atomic E-state index is 0.250. The highest BCUT2D eigenvalue weighted by atomic mass is 32.1. The van der Waals surface area contributed by atoms with Crippen molar-refractivity contribution in [1.29, 1.82) is 0 Å². The molecule has 0 spiro atoms. The van der Waals surface area contributed by atoms with Gasteiger partial charge in [0.05, 0.1) is 12.4 Å². The van der Waals surface area contributed by atoms with E-state index in [9.17, 15) is 4.79 Å². The predicted octanol–water partition coefficient (Wildman–Crippen LogP) is 0.326. The Morgan fingerprint density at radius 3 is 2.88 bits per heavy atom. The van der Waals surface area contributed by atoms with Crippen LogP contribution in [-0.4, -0.2) is 30.0 Å². The fraction of sp³-hybridized carbons (Fsp3) is 0.750. The van der Waals surface area contributed by atoms with Crippen molar-refractivity contribution < 1.29 is 9.53 Å². The maximum Gasteiger partial charge on any atom is 0.410 e. The lowest BCUT2D eigenvalue weighted by molar-refractivity contribution is 0.162. The molecule has 0 unspecified atom stereocenters. The third-order valence-corrected chi connectivity index (χ3v) is 1.36. The third-order valence-electron chi connectivity index (χ3n) is 1.02. The van der Waals surface area contributed by atoms with Crippen LogP contribution >= 0.6 is 12.6 Å². The van der Waals surface area contributed by atoms with Crippen LogP contribution < -0.4 is 0 Å². The molecule has 0 saturated carbocycles. The number of hydrogen-bond acceptors (Lipinski definition) is 3. The quantitative estimate of drug-likeness (QED) is 0.522. The summed E-state index contributed by atoms with van der Waals surface area (Å²) in [5, 5.41) is 0. The Hall–Kier alpha value is -0.380. The number of rotatable bonds is 1. The van der Waals surface area contributed by atoms with E-state index in [1.165, 1.54) is 4.90 Å². The average Bonchev–Trinajstić information content (AvgIpc) is 2.14. The van der Waals surface area contributed by atoms with Crippen LogP contribution in [0.4, 0.5) is 4.79 Å². The SMILES string of the molecule is O=C1OCCN1CS. The van der Waals surface area contributed by atoms with Gasteiger partial charge in [-0.05, 0) is 0 Å². The first-order valence-electron chi connectivity index (χ1n) is 2.37. The van der Waals surface area contributed by atoms with Gasteiger partial charge < -0.3 is 4.74 Å². The molecule has 4 heteroatoms. The van der Waals surface area contributed by atoms with Gasteiger partial charge in [-0.3, -0.25) is 4.90 Å². The van der Waals surface area contributed by atoms with Crippen LogP contribution in [0.5, 0.6) is 0 Å². The second-order valence-electron chi connectivity index (χ2n) is 1.52. The predicted molar refractivity (Wildman–Crippen MR) is 31.9 cm³/mol. The number of ether oxygens (including phenoxy) is 1. The molecule has 0 aromatic carbocycles. The molecule has 1 rings (SSSR count). The second kappa shape index (κ2) is 2.26.